The standard InChI is InChI=1S/C11H18ClN3O2S/c1-7(2)9-8(12)10(13)15(14-9)11(3)4-5-18(16,17)6-11/h7H,4-6,13H2,1-3H3. The van der Waals surface area contributed by atoms with Gasteiger partial charge in [0, 0.05) is 0 Å². The van der Waals surface area contributed by atoms with Gasteiger partial charge in [0.25, 0.3) is 0 Å². The third-order valence-corrected chi connectivity index (χ3v) is 5.70. The van der Waals surface area contributed by atoms with Gasteiger partial charge < -0.3 is 5.73 Å². The van der Waals surface area contributed by atoms with Crippen molar-refractivity contribution in [3.8, 4) is 0 Å². The number of nitrogens with zero attached hydrogens (tertiary/aromatic N) is 2. The lowest BCUT2D eigenvalue weighted by atomic mass is 10.0. The average Bonchev–Trinajstić information content (AvgIpc) is 2.68. The Labute approximate surface area is 112 Å². The number of hydrogen-bond acceptors (Lipinski definition) is 4. The van der Waals surface area contributed by atoms with Crippen LogP contribution in [-0.2, 0) is 15.4 Å². The first kappa shape index (κ1) is 13.7. The van der Waals surface area contributed by atoms with Crippen molar-refractivity contribution < 1.29 is 8.42 Å². The lowest BCUT2D eigenvalue weighted by molar-refractivity contribution is 0.331. The normalized spacial score (nSPS) is 26.9. The first-order valence-electron chi connectivity index (χ1n) is 5.91. The maximum absolute atomic E-state index is 11.6. The summed E-state index contributed by atoms with van der Waals surface area (Å²) in [7, 11) is -3.00. The minimum Gasteiger partial charge on any atom is -0.383 e. The van der Waals surface area contributed by atoms with Gasteiger partial charge in [-0.3, -0.25) is 0 Å². The van der Waals surface area contributed by atoms with Gasteiger partial charge in [0.15, 0.2) is 9.84 Å². The number of nitrogen functional groups attached to an aromatic ring is 1. The molecule has 1 aliphatic heterocycles. The molecule has 0 aromatic carbocycles. The summed E-state index contributed by atoms with van der Waals surface area (Å²) >= 11 is 6.16. The first-order chi connectivity index (χ1) is 8.16. The van der Waals surface area contributed by atoms with E-state index in [-0.39, 0.29) is 17.4 Å². The van der Waals surface area contributed by atoms with Gasteiger partial charge in [-0.15, -0.1) is 0 Å². The zero-order chi connectivity index (χ0) is 13.7. The van der Waals surface area contributed by atoms with E-state index in [1.165, 1.54) is 0 Å². The Balaban J connectivity index is 2.50. The Morgan fingerprint density at radius 1 is 1.50 bits per heavy atom. The highest BCUT2D eigenvalue weighted by Gasteiger charge is 2.42. The molecule has 1 saturated heterocycles. The predicted molar refractivity (Wildman–Crippen MR) is 72.7 cm³/mol. The van der Waals surface area contributed by atoms with Gasteiger partial charge in [0.2, 0.25) is 0 Å². The summed E-state index contributed by atoms with van der Waals surface area (Å²) in [4.78, 5) is 0. The maximum Gasteiger partial charge on any atom is 0.152 e. The Kier molecular flexibility index (Phi) is 3.14. The van der Waals surface area contributed by atoms with Crippen molar-refractivity contribution in [2.45, 2.75) is 38.6 Å². The molecule has 1 aromatic heterocycles. The molecular formula is C11H18ClN3O2S. The molecule has 0 bridgehead atoms. The maximum atomic E-state index is 11.6. The molecule has 2 rings (SSSR count). The summed E-state index contributed by atoms with van der Waals surface area (Å²) in [5.74, 6) is 0.764. The fraction of sp³-hybridized carbons (Fsp3) is 0.727. The van der Waals surface area contributed by atoms with Gasteiger partial charge in [0.1, 0.15) is 10.8 Å². The molecule has 5 nitrogen and oxygen atoms in total. The first-order valence-corrected chi connectivity index (χ1v) is 8.11. The second kappa shape index (κ2) is 4.13. The third-order valence-electron chi connectivity index (χ3n) is 3.43. The molecule has 1 unspecified atom stereocenters. The monoisotopic (exact) mass is 291 g/mol. The van der Waals surface area contributed by atoms with Gasteiger partial charge in [-0.1, -0.05) is 25.4 Å². The number of rotatable bonds is 2. The lowest BCUT2D eigenvalue weighted by Crippen LogP contribution is -2.33. The third kappa shape index (κ3) is 2.12. The van der Waals surface area contributed by atoms with Crippen LogP contribution >= 0.6 is 11.6 Å². The van der Waals surface area contributed by atoms with Crippen molar-refractivity contribution in [2.75, 3.05) is 17.2 Å². The van der Waals surface area contributed by atoms with Crippen molar-refractivity contribution in [1.29, 1.82) is 0 Å². The van der Waals surface area contributed by atoms with E-state index >= 15 is 0 Å². The highest BCUT2D eigenvalue weighted by Crippen LogP contribution is 2.37. The Morgan fingerprint density at radius 2 is 2.11 bits per heavy atom. The average molecular weight is 292 g/mol. The van der Waals surface area contributed by atoms with Crippen molar-refractivity contribution in [3.05, 3.63) is 10.7 Å². The summed E-state index contributed by atoms with van der Waals surface area (Å²) in [5.41, 5.74) is 6.11. The van der Waals surface area contributed by atoms with E-state index in [0.717, 1.165) is 5.69 Å². The van der Waals surface area contributed by atoms with Crippen molar-refractivity contribution in [2.24, 2.45) is 0 Å². The molecule has 1 fully saturated rings. The number of nitrogens with two attached hydrogens (primary N) is 1. The molecule has 2 heterocycles. The molecule has 0 spiro atoms. The fourth-order valence-corrected chi connectivity index (χ4v) is 4.82. The topological polar surface area (TPSA) is 78.0 Å². The van der Waals surface area contributed by atoms with Crippen LogP contribution < -0.4 is 5.73 Å². The zero-order valence-corrected chi connectivity index (χ0v) is 12.3. The van der Waals surface area contributed by atoms with E-state index in [9.17, 15) is 8.42 Å². The molecule has 2 N–H and O–H groups in total. The summed E-state index contributed by atoms with van der Waals surface area (Å²) in [6.45, 7) is 5.82. The van der Waals surface area contributed by atoms with E-state index in [4.69, 9.17) is 17.3 Å². The van der Waals surface area contributed by atoms with Crippen LogP contribution in [0.2, 0.25) is 5.02 Å². The van der Waals surface area contributed by atoms with Gasteiger partial charge in [-0.25, -0.2) is 13.1 Å². The van der Waals surface area contributed by atoms with E-state index in [1.807, 2.05) is 20.8 Å². The van der Waals surface area contributed by atoms with Crippen LogP contribution in [0.3, 0.4) is 0 Å². The van der Waals surface area contributed by atoms with Gasteiger partial charge >= 0.3 is 0 Å². The van der Waals surface area contributed by atoms with Gasteiger partial charge in [-0.2, -0.15) is 5.10 Å². The molecule has 1 aliphatic rings. The molecule has 102 valence electrons. The van der Waals surface area contributed by atoms with Gasteiger partial charge in [-0.05, 0) is 19.3 Å². The minimum atomic E-state index is -3.00. The molecule has 0 saturated carbocycles. The number of sulfone groups is 1. The smallest absolute Gasteiger partial charge is 0.152 e. The minimum absolute atomic E-state index is 0.0692. The van der Waals surface area contributed by atoms with Crippen LogP contribution in [0.1, 0.15) is 38.8 Å². The summed E-state index contributed by atoms with van der Waals surface area (Å²) in [5, 5.41) is 4.86. The SMILES string of the molecule is CC(C)c1nn(C2(C)CCS(=O)(=O)C2)c(N)c1Cl. The molecular weight excluding hydrogens is 274 g/mol. The second-order valence-corrected chi connectivity index (χ2v) is 8.05. The summed E-state index contributed by atoms with van der Waals surface area (Å²) < 4.78 is 24.9. The molecule has 1 aromatic rings. The molecule has 0 radical (unpaired) electrons. The van der Waals surface area contributed by atoms with E-state index in [1.54, 1.807) is 4.68 Å². The largest absolute Gasteiger partial charge is 0.383 e. The lowest BCUT2D eigenvalue weighted by Gasteiger charge is -2.24. The van der Waals surface area contributed by atoms with E-state index in [2.05, 4.69) is 5.10 Å². The van der Waals surface area contributed by atoms with Crippen molar-refractivity contribution in [1.82, 2.24) is 9.78 Å². The van der Waals surface area contributed by atoms with Crippen LogP contribution in [0.4, 0.5) is 5.82 Å². The highest BCUT2D eigenvalue weighted by atomic mass is 35.5. The quantitative estimate of drug-likeness (QED) is 0.901. The zero-order valence-electron chi connectivity index (χ0n) is 10.8. The van der Waals surface area contributed by atoms with Crippen LogP contribution in [0.15, 0.2) is 0 Å². The molecule has 18 heavy (non-hydrogen) atoms. The molecule has 1 atom stereocenters. The van der Waals surface area contributed by atoms with Crippen LogP contribution in [-0.4, -0.2) is 29.7 Å². The van der Waals surface area contributed by atoms with E-state index < -0.39 is 15.4 Å². The molecule has 0 aliphatic carbocycles. The summed E-state index contributed by atoms with van der Waals surface area (Å²) in [6.07, 6.45) is 0.523. The van der Waals surface area contributed by atoms with Crippen molar-refractivity contribution >= 4 is 27.3 Å². The predicted octanol–water partition coefficient (Wildman–Crippen LogP) is 1.78. The number of hydrogen-bond donors (Lipinski definition) is 1. The van der Waals surface area contributed by atoms with E-state index in [0.29, 0.717) is 17.3 Å². The van der Waals surface area contributed by atoms with Crippen molar-refractivity contribution in [3.63, 3.8) is 0 Å². The Hall–Kier alpha value is -0.750. The number of halogens is 1. The Morgan fingerprint density at radius 3 is 2.50 bits per heavy atom. The van der Waals surface area contributed by atoms with Crippen LogP contribution in [0, 0.1) is 0 Å². The second-order valence-electron chi connectivity index (χ2n) is 5.49. The summed E-state index contributed by atoms with van der Waals surface area (Å²) in [6, 6.07) is 0. The number of aromatic nitrogens is 2. The van der Waals surface area contributed by atoms with Crippen LogP contribution in [0.5, 0.6) is 0 Å². The highest BCUT2D eigenvalue weighted by molar-refractivity contribution is 7.91. The van der Waals surface area contributed by atoms with Gasteiger partial charge in [0.05, 0.1) is 22.7 Å². The number of anilines is 1. The molecule has 0 amide bonds. The van der Waals surface area contributed by atoms with Crippen LogP contribution in [0.25, 0.3) is 0 Å². The molecule has 7 heteroatoms. The Bertz CT molecular complexity index is 579. The fourth-order valence-electron chi connectivity index (χ4n) is 2.37.